The zero-order valence-corrected chi connectivity index (χ0v) is 20.0. The van der Waals surface area contributed by atoms with Crippen LogP contribution in [0, 0.1) is 21.0 Å². The highest BCUT2D eigenvalue weighted by Crippen LogP contribution is 2.31. The predicted octanol–water partition coefficient (Wildman–Crippen LogP) is 4.02. The monoisotopic (exact) mass is 590 g/mol. The van der Waals surface area contributed by atoms with E-state index in [0.717, 1.165) is 6.07 Å². The molecule has 0 bridgehead atoms. The average Bonchev–Trinajstić information content (AvgIpc) is 2.74. The number of hydrogen-bond acceptors (Lipinski definition) is 4. The van der Waals surface area contributed by atoms with Crippen molar-refractivity contribution in [3.63, 3.8) is 0 Å². The van der Waals surface area contributed by atoms with Gasteiger partial charge in [-0.2, -0.15) is 8.42 Å². The van der Waals surface area contributed by atoms with E-state index in [0.29, 0.717) is 9.13 Å². The lowest BCUT2D eigenvalue weighted by molar-refractivity contribution is 0.100. The van der Waals surface area contributed by atoms with Crippen LogP contribution in [0.1, 0.15) is 21.5 Å². The largest absolute Gasteiger partial charge is 0.366 e. The molecule has 0 aliphatic rings. The zero-order chi connectivity index (χ0) is 24.3. The number of amides is 1. The van der Waals surface area contributed by atoms with Crippen LogP contribution in [0.4, 0.5) is 30.2 Å². The van der Waals surface area contributed by atoms with E-state index < -0.39 is 39.3 Å². The molecule has 3 aromatic rings. The van der Waals surface area contributed by atoms with Crippen LogP contribution in [0.15, 0.2) is 48.5 Å². The van der Waals surface area contributed by atoms with E-state index in [2.05, 4.69) is 14.8 Å². The standard InChI is InChI=1S/C21H18F3IN4O3S/c1-27-33(31,32)29-14-4-2-3-11(8-14)7-12-9-15(21(26)30)20(19(24)18(12)23)28-17-6-5-13(25)10-16(17)22/h2-6,8-10,27-29H,7H2,1H3,(H2,26,30). The molecule has 0 atom stereocenters. The molecule has 0 heterocycles. The molecule has 0 saturated heterocycles. The molecule has 3 aromatic carbocycles. The van der Waals surface area contributed by atoms with E-state index in [9.17, 15) is 26.4 Å². The van der Waals surface area contributed by atoms with Gasteiger partial charge in [-0.05, 0) is 70.1 Å². The van der Waals surface area contributed by atoms with Crippen LogP contribution >= 0.6 is 22.6 Å². The van der Waals surface area contributed by atoms with Gasteiger partial charge in [0, 0.05) is 17.0 Å². The smallest absolute Gasteiger partial charge is 0.298 e. The fourth-order valence-corrected chi connectivity index (χ4v) is 4.01. The van der Waals surface area contributed by atoms with Gasteiger partial charge in [0.15, 0.2) is 11.6 Å². The third kappa shape index (κ3) is 5.94. The zero-order valence-electron chi connectivity index (χ0n) is 17.0. The molecule has 5 N–H and O–H groups in total. The first-order valence-corrected chi connectivity index (χ1v) is 11.9. The molecule has 7 nitrogen and oxygen atoms in total. The first-order chi connectivity index (χ1) is 15.5. The predicted molar refractivity (Wildman–Crippen MR) is 128 cm³/mol. The average molecular weight is 590 g/mol. The van der Waals surface area contributed by atoms with E-state index in [-0.39, 0.29) is 28.9 Å². The third-order valence-corrected chi connectivity index (χ3v) is 6.29. The highest BCUT2D eigenvalue weighted by molar-refractivity contribution is 14.1. The minimum atomic E-state index is -3.77. The number of nitrogens with one attached hydrogen (secondary N) is 3. The molecule has 0 saturated carbocycles. The topological polar surface area (TPSA) is 113 Å². The van der Waals surface area contributed by atoms with Gasteiger partial charge in [0.25, 0.3) is 16.1 Å². The van der Waals surface area contributed by atoms with Crippen LogP contribution in [0.2, 0.25) is 0 Å². The van der Waals surface area contributed by atoms with Crippen LogP contribution in [-0.4, -0.2) is 21.4 Å². The fraction of sp³-hybridized carbons (Fsp3) is 0.0952. The van der Waals surface area contributed by atoms with Gasteiger partial charge in [-0.3, -0.25) is 9.52 Å². The summed E-state index contributed by atoms with van der Waals surface area (Å²) in [5.74, 6) is -4.41. The number of primary amides is 1. The van der Waals surface area contributed by atoms with Crippen molar-refractivity contribution in [3.8, 4) is 0 Å². The van der Waals surface area contributed by atoms with Crippen molar-refractivity contribution in [2.75, 3.05) is 17.1 Å². The Labute approximate surface area is 201 Å². The summed E-state index contributed by atoms with van der Waals surface area (Å²) in [5.41, 5.74) is 4.71. The van der Waals surface area contributed by atoms with Gasteiger partial charge < -0.3 is 11.1 Å². The maximum Gasteiger partial charge on any atom is 0.298 e. The van der Waals surface area contributed by atoms with Crippen molar-refractivity contribution in [3.05, 3.63) is 86.2 Å². The van der Waals surface area contributed by atoms with Crippen LogP contribution < -0.4 is 20.5 Å². The summed E-state index contributed by atoms with van der Waals surface area (Å²) in [4.78, 5) is 12.0. The maximum atomic E-state index is 15.0. The lowest BCUT2D eigenvalue weighted by Gasteiger charge is -2.16. The summed E-state index contributed by atoms with van der Waals surface area (Å²) in [6, 6.07) is 11.2. The Balaban J connectivity index is 1.99. The summed E-state index contributed by atoms with van der Waals surface area (Å²) >= 11 is 1.89. The normalized spacial score (nSPS) is 11.3. The second-order valence-corrected chi connectivity index (χ2v) is 9.75. The quantitative estimate of drug-likeness (QED) is 0.297. The Hall–Kier alpha value is -2.84. The lowest BCUT2D eigenvalue weighted by Crippen LogP contribution is -2.26. The number of halogens is 4. The molecule has 174 valence electrons. The van der Waals surface area contributed by atoms with Crippen molar-refractivity contribution in [1.29, 1.82) is 0 Å². The Morgan fingerprint density at radius 1 is 1.06 bits per heavy atom. The number of rotatable bonds is 8. The molecule has 33 heavy (non-hydrogen) atoms. The number of carbonyl (C=O) groups excluding carboxylic acids is 1. The SMILES string of the molecule is CNS(=O)(=O)Nc1cccc(Cc2cc(C(N)=O)c(Nc3ccc(I)cc3F)c(F)c2F)c1. The number of hydrogen-bond donors (Lipinski definition) is 4. The summed E-state index contributed by atoms with van der Waals surface area (Å²) < 4.78 is 72.4. The van der Waals surface area contributed by atoms with Crippen LogP contribution in [0.25, 0.3) is 0 Å². The van der Waals surface area contributed by atoms with Crippen LogP contribution in [-0.2, 0) is 16.6 Å². The molecule has 0 aliphatic heterocycles. The maximum absolute atomic E-state index is 15.0. The molecule has 3 rings (SSSR count). The van der Waals surface area contributed by atoms with E-state index in [1.807, 2.05) is 22.6 Å². The van der Waals surface area contributed by atoms with Crippen molar-refractivity contribution in [2.45, 2.75) is 6.42 Å². The van der Waals surface area contributed by atoms with Crippen molar-refractivity contribution in [1.82, 2.24) is 4.72 Å². The van der Waals surface area contributed by atoms with E-state index >= 15 is 0 Å². The van der Waals surface area contributed by atoms with Crippen molar-refractivity contribution < 1.29 is 26.4 Å². The number of benzene rings is 3. The Bertz CT molecular complexity index is 1340. The molecule has 1 amide bonds. The number of nitrogens with two attached hydrogens (primary N) is 1. The Kier molecular flexibility index (Phi) is 7.49. The molecule has 12 heteroatoms. The van der Waals surface area contributed by atoms with Gasteiger partial charge in [-0.15, -0.1) is 0 Å². The van der Waals surface area contributed by atoms with Gasteiger partial charge in [-0.1, -0.05) is 12.1 Å². The van der Waals surface area contributed by atoms with Gasteiger partial charge in [0.1, 0.15) is 5.82 Å². The third-order valence-electron chi connectivity index (χ3n) is 4.58. The minimum Gasteiger partial charge on any atom is -0.366 e. The number of carbonyl (C=O) groups is 1. The van der Waals surface area contributed by atoms with E-state index in [1.54, 1.807) is 12.1 Å². The lowest BCUT2D eigenvalue weighted by atomic mass is 9.99. The van der Waals surface area contributed by atoms with Crippen molar-refractivity contribution >= 4 is 55.8 Å². The molecule has 0 aromatic heterocycles. The van der Waals surface area contributed by atoms with E-state index in [1.165, 1.54) is 37.4 Å². The second kappa shape index (κ2) is 9.97. The molecule has 0 spiro atoms. The fourth-order valence-electron chi connectivity index (χ4n) is 3.02. The van der Waals surface area contributed by atoms with Gasteiger partial charge in [0.05, 0.1) is 22.6 Å². The summed E-state index contributed by atoms with van der Waals surface area (Å²) in [7, 11) is -2.54. The molecule has 0 unspecified atom stereocenters. The summed E-state index contributed by atoms with van der Waals surface area (Å²) in [6.07, 6.45) is -0.170. The van der Waals surface area contributed by atoms with Gasteiger partial charge in [0.2, 0.25) is 0 Å². The highest BCUT2D eigenvalue weighted by Gasteiger charge is 2.22. The first kappa shape index (κ1) is 24.8. The Morgan fingerprint density at radius 2 is 1.79 bits per heavy atom. The second-order valence-electron chi connectivity index (χ2n) is 6.89. The molecular formula is C21H18F3IN4O3S. The highest BCUT2D eigenvalue weighted by atomic mass is 127. The number of anilines is 3. The Morgan fingerprint density at radius 3 is 2.42 bits per heavy atom. The first-order valence-electron chi connectivity index (χ1n) is 9.33. The van der Waals surface area contributed by atoms with Gasteiger partial charge in [-0.25, -0.2) is 17.9 Å². The molecule has 0 fully saturated rings. The summed E-state index contributed by atoms with van der Waals surface area (Å²) in [6.45, 7) is 0. The molecule has 0 aliphatic carbocycles. The minimum absolute atomic E-state index is 0.159. The van der Waals surface area contributed by atoms with Crippen LogP contribution in [0.5, 0.6) is 0 Å². The van der Waals surface area contributed by atoms with Crippen LogP contribution in [0.3, 0.4) is 0 Å². The van der Waals surface area contributed by atoms with E-state index in [4.69, 9.17) is 5.73 Å². The molecule has 0 radical (unpaired) electrons. The van der Waals surface area contributed by atoms with Crippen molar-refractivity contribution in [2.24, 2.45) is 5.73 Å². The van der Waals surface area contributed by atoms with Gasteiger partial charge >= 0.3 is 0 Å². The summed E-state index contributed by atoms with van der Waals surface area (Å²) in [5, 5.41) is 2.41. The molecular weight excluding hydrogens is 572 g/mol.